The molecule has 112 valence electrons. The minimum Gasteiger partial charge on any atom is -0.369 e. The molecule has 2 N–H and O–H groups in total. The van der Waals surface area contributed by atoms with Gasteiger partial charge in [-0.05, 0) is 22.4 Å². The smallest absolute Gasteiger partial charge is 0.182 e. The van der Waals surface area contributed by atoms with Crippen molar-refractivity contribution >= 4 is 33.3 Å². The molecule has 1 aromatic carbocycles. The van der Waals surface area contributed by atoms with Crippen LogP contribution in [0.4, 0.5) is 30.5 Å². The molecule has 4 nitrogen and oxygen atoms in total. The largest absolute Gasteiger partial charge is 0.369 e. The third-order valence-corrected chi connectivity index (χ3v) is 3.33. The number of hydrogen-bond acceptors (Lipinski definition) is 4. The van der Waals surface area contributed by atoms with Gasteiger partial charge in [0, 0.05) is 18.7 Å². The van der Waals surface area contributed by atoms with Crippen molar-refractivity contribution < 1.29 is 13.2 Å². The van der Waals surface area contributed by atoms with E-state index >= 15 is 0 Å². The maximum absolute atomic E-state index is 13.6. The number of aromatic nitrogens is 2. The molecule has 0 spiro atoms. The quantitative estimate of drug-likeness (QED) is 0.783. The standard InChI is InChI=1S/C13H12BrF3N4/c1-2-3-18-12-10(14)13(20-6-19-12)21-9-5-7(15)4-8(16)11(9)17/h4-6H,2-3H2,1H3,(H2,18,19,20,21). The van der Waals surface area contributed by atoms with Gasteiger partial charge >= 0.3 is 0 Å². The summed E-state index contributed by atoms with van der Waals surface area (Å²) in [5, 5.41) is 5.59. The van der Waals surface area contributed by atoms with Crippen LogP contribution in [0.2, 0.25) is 0 Å². The monoisotopic (exact) mass is 360 g/mol. The number of nitrogens with zero attached hydrogens (tertiary/aromatic N) is 2. The summed E-state index contributed by atoms with van der Waals surface area (Å²) in [5.74, 6) is -2.62. The van der Waals surface area contributed by atoms with Gasteiger partial charge < -0.3 is 10.6 Å². The Kier molecular flexibility index (Phi) is 5.00. The Balaban J connectivity index is 2.32. The summed E-state index contributed by atoms with van der Waals surface area (Å²) in [7, 11) is 0. The second-order valence-corrected chi connectivity index (χ2v) is 4.98. The molecule has 0 unspecified atom stereocenters. The Hall–Kier alpha value is -1.83. The molecular formula is C13H12BrF3N4. The Morgan fingerprint density at radius 1 is 1.14 bits per heavy atom. The molecule has 0 saturated carbocycles. The van der Waals surface area contributed by atoms with Crippen LogP contribution in [0.3, 0.4) is 0 Å². The lowest BCUT2D eigenvalue weighted by atomic mass is 10.3. The molecule has 1 heterocycles. The first-order valence-electron chi connectivity index (χ1n) is 6.18. The zero-order valence-corrected chi connectivity index (χ0v) is 12.6. The summed E-state index contributed by atoms with van der Waals surface area (Å²) in [5.41, 5.74) is -0.339. The second-order valence-electron chi connectivity index (χ2n) is 4.19. The third-order valence-electron chi connectivity index (χ3n) is 2.58. The highest BCUT2D eigenvalue weighted by atomic mass is 79.9. The van der Waals surface area contributed by atoms with Gasteiger partial charge in [-0.25, -0.2) is 23.1 Å². The lowest BCUT2D eigenvalue weighted by Crippen LogP contribution is -2.06. The normalized spacial score (nSPS) is 10.5. The van der Waals surface area contributed by atoms with Crippen LogP contribution in [-0.2, 0) is 0 Å². The molecule has 2 aromatic rings. The molecular weight excluding hydrogens is 349 g/mol. The molecule has 0 fully saturated rings. The maximum atomic E-state index is 13.6. The van der Waals surface area contributed by atoms with Gasteiger partial charge in [0.15, 0.2) is 11.6 Å². The Morgan fingerprint density at radius 2 is 1.86 bits per heavy atom. The van der Waals surface area contributed by atoms with Crippen molar-refractivity contribution in [2.24, 2.45) is 0 Å². The fraction of sp³-hybridized carbons (Fsp3) is 0.231. The molecule has 0 amide bonds. The van der Waals surface area contributed by atoms with E-state index in [0.717, 1.165) is 12.5 Å². The highest BCUT2D eigenvalue weighted by Crippen LogP contribution is 2.30. The molecule has 0 aliphatic rings. The van der Waals surface area contributed by atoms with Crippen LogP contribution in [-0.4, -0.2) is 16.5 Å². The molecule has 8 heteroatoms. The van der Waals surface area contributed by atoms with Crippen molar-refractivity contribution in [1.82, 2.24) is 9.97 Å². The first-order valence-corrected chi connectivity index (χ1v) is 6.98. The summed E-state index contributed by atoms with van der Waals surface area (Å²) in [6.07, 6.45) is 2.15. The van der Waals surface area contributed by atoms with E-state index in [9.17, 15) is 13.2 Å². The van der Waals surface area contributed by atoms with Gasteiger partial charge in [-0.2, -0.15) is 0 Å². The summed E-state index contributed by atoms with van der Waals surface area (Å²) in [6, 6.07) is 1.33. The van der Waals surface area contributed by atoms with Crippen molar-refractivity contribution in [3.63, 3.8) is 0 Å². The number of halogens is 4. The highest BCUT2D eigenvalue weighted by Gasteiger charge is 2.14. The SMILES string of the molecule is CCCNc1ncnc(Nc2cc(F)cc(F)c2F)c1Br. The van der Waals surface area contributed by atoms with E-state index < -0.39 is 17.5 Å². The summed E-state index contributed by atoms with van der Waals surface area (Å²) < 4.78 is 40.4. The van der Waals surface area contributed by atoms with Gasteiger partial charge in [0.1, 0.15) is 28.3 Å². The number of nitrogens with one attached hydrogen (secondary N) is 2. The zero-order chi connectivity index (χ0) is 15.4. The van der Waals surface area contributed by atoms with Crippen LogP contribution in [0, 0.1) is 17.5 Å². The molecule has 0 radical (unpaired) electrons. The zero-order valence-electron chi connectivity index (χ0n) is 11.1. The van der Waals surface area contributed by atoms with E-state index in [1.807, 2.05) is 6.92 Å². The molecule has 0 atom stereocenters. The summed E-state index contributed by atoms with van der Waals surface area (Å²) in [4.78, 5) is 7.95. The fourth-order valence-corrected chi connectivity index (χ4v) is 2.04. The first kappa shape index (κ1) is 15.6. The van der Waals surface area contributed by atoms with Crippen molar-refractivity contribution in [3.8, 4) is 0 Å². The third kappa shape index (κ3) is 3.63. The minimum absolute atomic E-state index is 0.201. The van der Waals surface area contributed by atoms with Gasteiger partial charge in [0.05, 0.1) is 5.69 Å². The fourth-order valence-electron chi connectivity index (χ4n) is 1.60. The lowest BCUT2D eigenvalue weighted by molar-refractivity contribution is 0.498. The van der Waals surface area contributed by atoms with E-state index in [-0.39, 0.29) is 11.5 Å². The van der Waals surface area contributed by atoms with Gasteiger partial charge in [0.2, 0.25) is 0 Å². The predicted octanol–water partition coefficient (Wildman–Crippen LogP) is 4.22. The molecule has 21 heavy (non-hydrogen) atoms. The topological polar surface area (TPSA) is 49.8 Å². The van der Waals surface area contributed by atoms with E-state index in [1.165, 1.54) is 6.33 Å². The second kappa shape index (κ2) is 6.75. The van der Waals surface area contributed by atoms with E-state index in [1.54, 1.807) is 0 Å². The van der Waals surface area contributed by atoms with Gasteiger partial charge in [-0.1, -0.05) is 6.92 Å². The van der Waals surface area contributed by atoms with Crippen LogP contribution in [0.15, 0.2) is 22.9 Å². The van der Waals surface area contributed by atoms with Crippen molar-refractivity contribution in [2.75, 3.05) is 17.2 Å². The highest BCUT2D eigenvalue weighted by molar-refractivity contribution is 9.10. The minimum atomic E-state index is -1.27. The molecule has 1 aromatic heterocycles. The Morgan fingerprint density at radius 3 is 2.57 bits per heavy atom. The van der Waals surface area contributed by atoms with Crippen LogP contribution in [0.1, 0.15) is 13.3 Å². The van der Waals surface area contributed by atoms with E-state index in [2.05, 4.69) is 36.5 Å². The van der Waals surface area contributed by atoms with Crippen LogP contribution >= 0.6 is 15.9 Å². The van der Waals surface area contributed by atoms with E-state index in [4.69, 9.17) is 0 Å². The maximum Gasteiger partial charge on any atom is 0.182 e. The number of anilines is 3. The van der Waals surface area contributed by atoms with Crippen molar-refractivity contribution in [3.05, 3.63) is 40.4 Å². The Bertz CT molecular complexity index is 652. The van der Waals surface area contributed by atoms with Crippen LogP contribution in [0.5, 0.6) is 0 Å². The number of hydrogen-bond donors (Lipinski definition) is 2. The Labute approximate surface area is 127 Å². The average Bonchev–Trinajstić information content (AvgIpc) is 2.45. The predicted molar refractivity (Wildman–Crippen MR) is 78.1 cm³/mol. The lowest BCUT2D eigenvalue weighted by Gasteiger charge is -2.12. The van der Waals surface area contributed by atoms with Gasteiger partial charge in [-0.15, -0.1) is 0 Å². The average molecular weight is 361 g/mol. The van der Waals surface area contributed by atoms with Gasteiger partial charge in [0.25, 0.3) is 0 Å². The molecule has 0 aliphatic heterocycles. The molecule has 0 saturated heterocycles. The van der Waals surface area contributed by atoms with Gasteiger partial charge in [-0.3, -0.25) is 0 Å². The molecule has 2 rings (SSSR count). The van der Waals surface area contributed by atoms with Crippen molar-refractivity contribution in [1.29, 1.82) is 0 Å². The van der Waals surface area contributed by atoms with Crippen LogP contribution in [0.25, 0.3) is 0 Å². The molecule has 0 aliphatic carbocycles. The van der Waals surface area contributed by atoms with Crippen molar-refractivity contribution in [2.45, 2.75) is 13.3 Å². The molecule has 0 bridgehead atoms. The number of rotatable bonds is 5. The first-order chi connectivity index (χ1) is 10.0. The summed E-state index contributed by atoms with van der Waals surface area (Å²) >= 11 is 3.27. The summed E-state index contributed by atoms with van der Waals surface area (Å²) in [6.45, 7) is 2.68. The number of benzene rings is 1. The van der Waals surface area contributed by atoms with E-state index in [0.29, 0.717) is 22.9 Å². The van der Waals surface area contributed by atoms with Crippen LogP contribution < -0.4 is 10.6 Å².